The molecule has 0 unspecified atom stereocenters. The zero-order valence-electron chi connectivity index (χ0n) is 14.5. The van der Waals surface area contributed by atoms with Gasteiger partial charge in [-0.25, -0.2) is 0 Å². The van der Waals surface area contributed by atoms with Gasteiger partial charge in [0.2, 0.25) is 5.91 Å². The second-order valence-corrected chi connectivity index (χ2v) is 7.86. The summed E-state index contributed by atoms with van der Waals surface area (Å²) >= 11 is 11.5. The number of allylic oxidation sites excluding steroid dienone is 1. The number of nitrogens with one attached hydrogen (secondary N) is 1. The molecule has 1 N–H and O–H groups in total. The van der Waals surface area contributed by atoms with Crippen LogP contribution in [-0.2, 0) is 4.79 Å². The first-order chi connectivity index (χ1) is 12.4. The molecule has 4 nitrogen and oxygen atoms in total. The van der Waals surface area contributed by atoms with E-state index in [1.165, 1.54) is 0 Å². The molecule has 2 atom stereocenters. The molecule has 1 aliphatic rings. The second-order valence-electron chi connectivity index (χ2n) is 6.85. The first kappa shape index (κ1) is 18.6. The Kier molecular flexibility index (Phi) is 5.44. The lowest BCUT2D eigenvalue weighted by Gasteiger charge is -2.06. The van der Waals surface area contributed by atoms with Crippen molar-refractivity contribution in [1.29, 1.82) is 0 Å². The Bertz CT molecular complexity index is 841. The first-order valence-electron chi connectivity index (χ1n) is 8.28. The number of anilines is 1. The second kappa shape index (κ2) is 7.60. The third-order valence-electron chi connectivity index (χ3n) is 4.67. The van der Waals surface area contributed by atoms with Crippen LogP contribution in [0.25, 0.3) is 0 Å². The highest BCUT2D eigenvalue weighted by atomic mass is 35.5. The van der Waals surface area contributed by atoms with Crippen LogP contribution in [0.2, 0.25) is 0 Å². The van der Waals surface area contributed by atoms with Crippen molar-refractivity contribution in [1.82, 2.24) is 0 Å². The topological polar surface area (TPSA) is 53.8 Å². The van der Waals surface area contributed by atoms with Crippen LogP contribution in [0.4, 0.5) is 17.1 Å². The maximum atomic E-state index is 12.5. The van der Waals surface area contributed by atoms with Gasteiger partial charge >= 0.3 is 0 Å². The zero-order valence-corrected chi connectivity index (χ0v) is 16.0. The molecule has 0 aliphatic heterocycles. The molecule has 2 aromatic rings. The Labute approximate surface area is 162 Å². The van der Waals surface area contributed by atoms with E-state index in [1.54, 1.807) is 6.08 Å². The fraction of sp³-hybridized carbons (Fsp3) is 0.250. The van der Waals surface area contributed by atoms with Crippen LogP contribution in [0.5, 0.6) is 0 Å². The van der Waals surface area contributed by atoms with Crippen molar-refractivity contribution in [2.45, 2.75) is 13.8 Å². The van der Waals surface area contributed by atoms with Crippen LogP contribution >= 0.6 is 23.2 Å². The molecule has 1 amide bonds. The predicted molar refractivity (Wildman–Crippen MR) is 106 cm³/mol. The summed E-state index contributed by atoms with van der Waals surface area (Å²) in [6.07, 6.45) is 1.74. The number of carbonyl (C=O) groups excluding carboxylic acids is 1. The van der Waals surface area contributed by atoms with Gasteiger partial charge in [-0.05, 0) is 53.8 Å². The molecule has 3 rings (SSSR count). The van der Waals surface area contributed by atoms with E-state index in [4.69, 9.17) is 23.2 Å². The van der Waals surface area contributed by atoms with E-state index < -0.39 is 0 Å². The lowest BCUT2D eigenvalue weighted by Crippen LogP contribution is -2.16. The summed E-state index contributed by atoms with van der Waals surface area (Å²) in [6, 6.07) is 16.8. The van der Waals surface area contributed by atoms with Gasteiger partial charge in [-0.15, -0.1) is 0 Å². The minimum Gasteiger partial charge on any atom is -0.326 e. The van der Waals surface area contributed by atoms with Gasteiger partial charge in [0.1, 0.15) is 4.49 Å². The Morgan fingerprint density at radius 2 is 1.58 bits per heavy atom. The van der Waals surface area contributed by atoms with Gasteiger partial charge in [-0.1, -0.05) is 55.2 Å². The minimum absolute atomic E-state index is 0.0375. The smallest absolute Gasteiger partial charge is 0.228 e. The molecular formula is C20H19Cl2N3O. The van der Waals surface area contributed by atoms with Gasteiger partial charge in [0.25, 0.3) is 0 Å². The molecule has 2 aromatic carbocycles. The molecule has 0 spiro atoms. The van der Waals surface area contributed by atoms with Gasteiger partial charge in [-0.2, -0.15) is 10.2 Å². The van der Waals surface area contributed by atoms with Crippen LogP contribution in [0.15, 0.2) is 75.4 Å². The highest BCUT2D eigenvalue weighted by Crippen LogP contribution is 2.60. The fourth-order valence-corrected chi connectivity index (χ4v) is 3.34. The number of rotatable bonds is 5. The maximum absolute atomic E-state index is 12.5. The van der Waals surface area contributed by atoms with E-state index in [2.05, 4.69) is 15.5 Å². The van der Waals surface area contributed by atoms with Crippen molar-refractivity contribution >= 4 is 46.2 Å². The van der Waals surface area contributed by atoms with Gasteiger partial charge in [0.05, 0.1) is 17.3 Å². The number of hydrogen-bond acceptors (Lipinski definition) is 3. The molecule has 0 aromatic heterocycles. The summed E-state index contributed by atoms with van der Waals surface area (Å²) in [7, 11) is 0. The number of azo groups is 1. The average Bonchev–Trinajstić information content (AvgIpc) is 3.14. The van der Waals surface area contributed by atoms with Gasteiger partial charge < -0.3 is 5.32 Å². The molecule has 26 heavy (non-hydrogen) atoms. The lowest BCUT2D eigenvalue weighted by atomic mass is 10.1. The molecule has 1 fully saturated rings. The van der Waals surface area contributed by atoms with E-state index in [-0.39, 0.29) is 27.6 Å². The Morgan fingerprint density at radius 1 is 1.00 bits per heavy atom. The van der Waals surface area contributed by atoms with E-state index in [1.807, 2.05) is 68.4 Å². The monoisotopic (exact) mass is 387 g/mol. The van der Waals surface area contributed by atoms with Crippen molar-refractivity contribution in [2.75, 3.05) is 5.32 Å². The fourth-order valence-electron chi connectivity index (χ4n) is 3.07. The van der Waals surface area contributed by atoms with Crippen LogP contribution in [-0.4, -0.2) is 5.91 Å². The van der Waals surface area contributed by atoms with Gasteiger partial charge in [-0.3, -0.25) is 4.79 Å². The Hall–Kier alpha value is -2.17. The van der Waals surface area contributed by atoms with E-state index in [9.17, 15) is 4.79 Å². The van der Waals surface area contributed by atoms with Crippen molar-refractivity contribution in [3.63, 3.8) is 0 Å². The number of halogens is 2. The SMILES string of the molecule is CC1(C)[C@H](C=C(Cl)Cl)[C@H]1C(=O)Nc1ccc(N=Nc2ccccc2)cc1. The third-order valence-corrected chi connectivity index (χ3v) is 4.92. The molecule has 1 aliphatic carbocycles. The third kappa shape index (κ3) is 4.32. The molecule has 0 radical (unpaired) electrons. The Morgan fingerprint density at radius 3 is 2.15 bits per heavy atom. The number of amides is 1. The molecule has 0 saturated heterocycles. The summed E-state index contributed by atoms with van der Waals surface area (Å²) < 4.78 is 0.200. The predicted octanol–water partition coefficient (Wildman–Crippen LogP) is 6.63. The quantitative estimate of drug-likeness (QED) is 0.574. The van der Waals surface area contributed by atoms with Crippen molar-refractivity contribution < 1.29 is 4.79 Å². The van der Waals surface area contributed by atoms with Crippen molar-refractivity contribution in [2.24, 2.45) is 27.5 Å². The summed E-state index contributed by atoms with van der Waals surface area (Å²) in [6.45, 7) is 4.06. The summed E-state index contributed by atoms with van der Waals surface area (Å²) in [4.78, 5) is 12.5. The number of benzene rings is 2. The lowest BCUT2D eigenvalue weighted by molar-refractivity contribution is -0.118. The molecule has 0 bridgehead atoms. The summed E-state index contributed by atoms with van der Waals surface area (Å²) in [5.74, 6) is -0.136. The highest BCUT2D eigenvalue weighted by molar-refractivity contribution is 6.55. The largest absolute Gasteiger partial charge is 0.326 e. The molecule has 134 valence electrons. The number of nitrogens with zero attached hydrogens (tertiary/aromatic N) is 2. The minimum atomic E-state index is -0.150. The summed E-state index contributed by atoms with van der Waals surface area (Å²) in [5, 5.41) is 11.3. The maximum Gasteiger partial charge on any atom is 0.228 e. The van der Waals surface area contributed by atoms with Crippen LogP contribution in [0.1, 0.15) is 13.8 Å². The van der Waals surface area contributed by atoms with E-state index in [0.717, 1.165) is 11.4 Å². The number of carbonyl (C=O) groups is 1. The molecular weight excluding hydrogens is 369 g/mol. The van der Waals surface area contributed by atoms with Gasteiger partial charge in [0.15, 0.2) is 0 Å². The van der Waals surface area contributed by atoms with Crippen molar-refractivity contribution in [3.8, 4) is 0 Å². The van der Waals surface area contributed by atoms with E-state index >= 15 is 0 Å². The standard InChI is InChI=1S/C20H19Cl2N3O/c1-20(2)16(12-17(21)22)18(20)19(26)23-13-8-10-15(11-9-13)25-24-14-6-4-3-5-7-14/h3-12,16,18H,1-2H3,(H,23,26)/t16-,18+/m1/s1. The molecule has 6 heteroatoms. The van der Waals surface area contributed by atoms with E-state index in [0.29, 0.717) is 5.69 Å². The number of hydrogen-bond donors (Lipinski definition) is 1. The van der Waals surface area contributed by atoms with Crippen molar-refractivity contribution in [3.05, 3.63) is 65.2 Å². The van der Waals surface area contributed by atoms with Crippen LogP contribution in [0, 0.1) is 17.3 Å². The average molecular weight is 388 g/mol. The summed E-state index contributed by atoms with van der Waals surface area (Å²) in [5.41, 5.74) is 2.07. The van der Waals surface area contributed by atoms with Crippen LogP contribution in [0.3, 0.4) is 0 Å². The zero-order chi connectivity index (χ0) is 18.7. The first-order valence-corrected chi connectivity index (χ1v) is 9.04. The molecule has 0 heterocycles. The highest BCUT2D eigenvalue weighted by Gasteiger charge is 2.60. The van der Waals surface area contributed by atoms with Gasteiger partial charge in [0, 0.05) is 5.69 Å². The van der Waals surface area contributed by atoms with Crippen LogP contribution < -0.4 is 5.32 Å². The Balaban J connectivity index is 1.62. The molecule has 1 saturated carbocycles. The normalized spacial score (nSPS) is 20.6.